The van der Waals surface area contributed by atoms with Crippen molar-refractivity contribution in [1.82, 2.24) is 80.2 Å². The molecular weight excluding hydrogens is 1040 g/mol. The molecule has 0 aliphatic rings. The first-order chi connectivity index (χ1) is 34.0. The van der Waals surface area contributed by atoms with Gasteiger partial charge in [0, 0.05) is 23.1 Å². The van der Waals surface area contributed by atoms with E-state index in [0.29, 0.717) is 0 Å². The van der Waals surface area contributed by atoms with Gasteiger partial charge in [-0.05, 0) is 22.0 Å². The Bertz CT molecular complexity index is 866. The molecule has 468 valence electrons. The molecule has 0 aliphatic carbocycles. The van der Waals surface area contributed by atoms with Crippen LogP contribution in [-0.2, 0) is 0 Å². The fourth-order valence-electron chi connectivity index (χ4n) is 1.11. The Morgan fingerprint density at radius 1 is 0.316 bits per heavy atom. The predicted octanol–water partition coefficient (Wildman–Crippen LogP) is 21.9. The smallest absolute Gasteiger partial charge is 0.235 e. The highest BCUT2D eigenvalue weighted by Gasteiger charge is 1.64. The number of nitrogens with zero attached hydrogens (tertiary/aromatic N) is 16. The third-order valence-corrected chi connectivity index (χ3v) is 4.03. The van der Waals surface area contributed by atoms with Gasteiger partial charge in [0.1, 0.15) is 34.6 Å². The van der Waals surface area contributed by atoms with Crippen LogP contribution in [-0.4, -0.2) is 80.2 Å². The second-order valence-corrected chi connectivity index (χ2v) is 7.33. The summed E-state index contributed by atoms with van der Waals surface area (Å²) in [4.78, 5) is 14.4. The maximum absolute atomic E-state index is 4.47. The maximum Gasteiger partial charge on any atom is 0.235 e. The van der Waals surface area contributed by atoms with E-state index in [0.717, 1.165) is 6.39 Å². The maximum atomic E-state index is 4.47. The second-order valence-electron chi connectivity index (χ2n) is 4.66. The van der Waals surface area contributed by atoms with Gasteiger partial charge in [0.2, 0.25) is 25.6 Å². The van der Waals surface area contributed by atoms with Crippen LogP contribution in [0.3, 0.4) is 0 Å². The first-order valence-electron chi connectivity index (χ1n) is 23.6. The highest BCUT2D eigenvalue weighted by Crippen LogP contribution is 1.86. The molecule has 76 heavy (non-hydrogen) atoms. The molecule has 0 fully saturated rings. The van der Waals surface area contributed by atoms with Gasteiger partial charge in [-0.15, -0.1) is 48.2 Å². The summed E-state index contributed by atoms with van der Waals surface area (Å²) in [6.45, 7) is 56.0. The number of hydrogen-bond acceptors (Lipinski definition) is 24. The molecule has 20 nitrogen and oxygen atoms in total. The first-order valence-corrected chi connectivity index (χ1v) is 27.1. The van der Waals surface area contributed by atoms with Gasteiger partial charge in [-0.3, -0.25) is 4.98 Å². The highest BCUT2D eigenvalue weighted by molar-refractivity contribution is 7.07. The SMILES string of the molecule is C.C.C.C.C.C.C.C.CC.CC.CC.CC.CC.CC.CC.CC.CC.CC.CC.CC.CC.CC.c1cocn1.c1cscn1.c1ncon1.c1ncsn1.c1nnco1.c1nncs1.c1nnno1.c1nnns1. The molecule has 0 unspecified atom stereocenters. The molecule has 0 atom stereocenters. The van der Waals surface area contributed by atoms with Gasteiger partial charge in [-0.25, -0.2) is 15.0 Å². The Hall–Kier alpha value is -5.20. The molecule has 0 saturated heterocycles. The molecule has 8 aromatic rings. The summed E-state index contributed by atoms with van der Waals surface area (Å²) in [5, 5.41) is 34.6. The van der Waals surface area contributed by atoms with Crippen molar-refractivity contribution in [2.24, 2.45) is 0 Å². The van der Waals surface area contributed by atoms with E-state index in [1.165, 1.54) is 78.9 Å². The van der Waals surface area contributed by atoms with Crippen LogP contribution in [0.4, 0.5) is 0 Å². The largest absolute Gasteiger partial charge is 0.452 e. The molecule has 0 spiro atoms. The summed E-state index contributed by atoms with van der Waals surface area (Å²) in [6.07, 6.45) is 14.0. The lowest BCUT2D eigenvalue weighted by Gasteiger charge is -1.47. The van der Waals surface area contributed by atoms with Crippen LogP contribution >= 0.6 is 45.7 Å². The summed E-state index contributed by atoms with van der Waals surface area (Å²) in [5.74, 6) is 0. The number of thiazole rings is 1. The van der Waals surface area contributed by atoms with Gasteiger partial charge >= 0.3 is 0 Å². The van der Waals surface area contributed by atoms with E-state index in [-0.39, 0.29) is 59.4 Å². The lowest BCUT2D eigenvalue weighted by atomic mass is 11.0. The Morgan fingerprint density at radius 2 is 0.789 bits per heavy atom. The van der Waals surface area contributed by atoms with E-state index in [2.05, 4.69) is 98.1 Å². The van der Waals surface area contributed by atoms with Gasteiger partial charge in [-0.1, -0.05) is 268 Å². The average molecular weight is 1170 g/mol. The molecule has 0 radical (unpaired) electrons. The lowest BCUT2D eigenvalue weighted by molar-refractivity contribution is 0.392. The van der Waals surface area contributed by atoms with Crippen LogP contribution in [0.25, 0.3) is 0 Å². The molecular formula is C52H132N16O4S4. The van der Waals surface area contributed by atoms with Crippen LogP contribution in [0.2, 0.25) is 0 Å². The van der Waals surface area contributed by atoms with E-state index in [4.69, 9.17) is 0 Å². The van der Waals surface area contributed by atoms with Gasteiger partial charge in [0.15, 0.2) is 12.7 Å². The molecule has 0 bridgehead atoms. The van der Waals surface area contributed by atoms with Crippen molar-refractivity contribution in [3.8, 4) is 0 Å². The third kappa shape index (κ3) is 261. The topological polar surface area (TPSA) is 259 Å². The molecule has 0 amide bonds. The zero-order valence-corrected chi connectivity index (χ0v) is 50.9. The van der Waals surface area contributed by atoms with E-state index < -0.39 is 0 Å². The Morgan fingerprint density at radius 3 is 0.895 bits per heavy atom. The van der Waals surface area contributed by atoms with Crippen molar-refractivity contribution in [3.05, 3.63) is 96.2 Å². The van der Waals surface area contributed by atoms with E-state index >= 15 is 0 Å². The molecule has 0 N–H and O–H groups in total. The minimum absolute atomic E-state index is 0. The van der Waals surface area contributed by atoms with Crippen molar-refractivity contribution in [3.63, 3.8) is 0 Å². The van der Waals surface area contributed by atoms with E-state index in [1.807, 2.05) is 199 Å². The van der Waals surface area contributed by atoms with Gasteiger partial charge in [-0.2, -0.15) is 4.37 Å². The van der Waals surface area contributed by atoms with Crippen LogP contribution in [0.5, 0.6) is 0 Å². The standard InChI is InChI=1S/C3H3NO.C3H3NS.2C2H2N2O.2C2H2N2S.14C2H6.CHN3O.CHN3S.8CH4/c2*1-2-5-3-4-1;1-3-4-2-5-1;1-3-2-5-4-1;1-3-4-2-5-1;1-3-2-5-4-1;14*1-2;2*1-2-3-4-5-1;;;;;;;;/h2*1-3H;4*1-2H;14*1-2H3;2*1H;8*1H4. The van der Waals surface area contributed by atoms with Crippen LogP contribution in [0, 0.1) is 0 Å². The van der Waals surface area contributed by atoms with E-state index in [1.54, 1.807) is 51.3 Å². The Labute approximate surface area is 490 Å². The summed E-state index contributed by atoms with van der Waals surface area (Å²) in [7, 11) is 0. The molecule has 24 heteroatoms. The van der Waals surface area contributed by atoms with E-state index in [9.17, 15) is 0 Å². The van der Waals surface area contributed by atoms with Gasteiger partial charge in [0.05, 0.1) is 17.0 Å². The van der Waals surface area contributed by atoms with Crippen LogP contribution in [0.15, 0.2) is 114 Å². The minimum atomic E-state index is 0. The molecule has 0 aliphatic heterocycles. The second kappa shape index (κ2) is 273. The zero-order valence-electron chi connectivity index (χ0n) is 47.7. The normalized spacial score (nSPS) is 5.32. The number of oxazole rings is 1. The first kappa shape index (κ1) is 145. The van der Waals surface area contributed by atoms with Gasteiger partial charge < -0.3 is 17.9 Å². The number of hydrogen-bond donors (Lipinski definition) is 0. The number of aromatic nitrogens is 16. The summed E-state index contributed by atoms with van der Waals surface area (Å²) >= 11 is 5.69. The van der Waals surface area contributed by atoms with Crippen molar-refractivity contribution in [1.29, 1.82) is 0 Å². The van der Waals surface area contributed by atoms with Crippen molar-refractivity contribution in [2.45, 2.75) is 253 Å². The monoisotopic (exact) mass is 1170 g/mol. The Kier molecular flexibility index (Phi) is 520. The molecule has 8 rings (SSSR count). The van der Waals surface area contributed by atoms with Crippen molar-refractivity contribution >= 4 is 45.7 Å². The highest BCUT2D eigenvalue weighted by atomic mass is 32.1. The van der Waals surface area contributed by atoms with Crippen LogP contribution in [0.1, 0.15) is 253 Å². The van der Waals surface area contributed by atoms with Crippen molar-refractivity contribution in [2.75, 3.05) is 0 Å². The summed E-state index contributed by atoms with van der Waals surface area (Å²) < 4.78 is 24.2. The minimum Gasteiger partial charge on any atom is -0.452 e. The molecule has 0 saturated carbocycles. The molecule has 8 heterocycles. The number of rotatable bonds is 0. The van der Waals surface area contributed by atoms with Gasteiger partial charge in [0.25, 0.3) is 0 Å². The quantitative estimate of drug-likeness (QED) is 0.137. The third-order valence-electron chi connectivity index (χ3n) is 2.28. The Balaban J connectivity index is -0.0000000203. The molecule has 0 aromatic carbocycles. The summed E-state index contributed by atoms with van der Waals surface area (Å²) in [6, 6.07) is 0. The molecule has 8 aromatic heterocycles. The zero-order chi connectivity index (χ0) is 56.3. The fraction of sp³-hybridized carbons (Fsp3) is 0.692. The summed E-state index contributed by atoms with van der Waals surface area (Å²) in [5.41, 5.74) is 8.40. The average Bonchev–Trinajstić information content (AvgIpc) is 4.33. The predicted molar refractivity (Wildman–Crippen MR) is 350 cm³/mol. The van der Waals surface area contributed by atoms with Crippen molar-refractivity contribution < 1.29 is 17.9 Å². The fourth-order valence-corrected chi connectivity index (χ4v) is 2.21. The lowest BCUT2D eigenvalue weighted by Crippen LogP contribution is -1.61. The van der Waals surface area contributed by atoms with Crippen LogP contribution < -0.4 is 0 Å².